The summed E-state index contributed by atoms with van der Waals surface area (Å²) in [6, 6.07) is 41.5. The van der Waals surface area contributed by atoms with Crippen LogP contribution in [0.15, 0.2) is 133 Å². The zero-order chi connectivity index (χ0) is 30.4. The Morgan fingerprint density at radius 3 is 1.93 bits per heavy atom. The van der Waals surface area contributed by atoms with Crippen molar-refractivity contribution in [1.29, 1.82) is 0 Å². The molecule has 1 aliphatic rings. The number of benzene rings is 5. The summed E-state index contributed by atoms with van der Waals surface area (Å²) in [4.78, 5) is 8.89. The van der Waals surface area contributed by atoms with Crippen molar-refractivity contribution in [1.82, 2.24) is 4.90 Å². The Kier molecular flexibility index (Phi) is 8.96. The van der Waals surface area contributed by atoms with E-state index in [2.05, 4.69) is 67.5 Å². The molecule has 1 unspecified atom stereocenters. The first kappa shape index (κ1) is 29.5. The van der Waals surface area contributed by atoms with Crippen LogP contribution in [0.1, 0.15) is 52.3 Å². The monoisotopic (exact) mass is 584 g/mol. The molecule has 0 amide bonds. The number of oxime groups is 1. The van der Waals surface area contributed by atoms with Gasteiger partial charge in [0.2, 0.25) is 5.60 Å². The van der Waals surface area contributed by atoms with Gasteiger partial charge in [-0.25, -0.2) is 4.39 Å². The largest absolute Gasteiger partial charge is 0.375 e. The SMILES string of the molecule is CN(C)CCCC1OCc2cc(C=NOC(c3ccccc3)(c3ccccc3)c3ccccc3)c(-c3ccc(F)cc3)cc21. The highest BCUT2D eigenvalue weighted by atomic mass is 19.1. The van der Waals surface area contributed by atoms with Gasteiger partial charge in [0.1, 0.15) is 5.82 Å². The minimum absolute atomic E-state index is 0.0354. The van der Waals surface area contributed by atoms with Gasteiger partial charge >= 0.3 is 0 Å². The average Bonchev–Trinajstić information content (AvgIpc) is 3.46. The number of rotatable bonds is 11. The lowest BCUT2D eigenvalue weighted by Crippen LogP contribution is -2.31. The second-order valence-corrected chi connectivity index (χ2v) is 11.5. The maximum absolute atomic E-state index is 13.9. The molecule has 0 bridgehead atoms. The molecule has 0 saturated heterocycles. The highest BCUT2D eigenvalue weighted by Crippen LogP contribution is 2.41. The standard InChI is InChI=1S/C39H37FN2O2/c1-42(2)24-12-19-38-37-26-36(29-20-22-35(40)23-21-29)30(25-31(37)28-43-38)27-41-44-39(32-13-6-3-7-14-32,33-15-8-4-9-16-33)34-17-10-5-11-18-34/h3-11,13-18,20-23,25-27,38H,12,19,24,28H2,1-2H3. The van der Waals surface area contributed by atoms with Crippen LogP contribution in [0.2, 0.25) is 0 Å². The van der Waals surface area contributed by atoms with Crippen LogP contribution in [0.3, 0.4) is 0 Å². The lowest BCUT2D eigenvalue weighted by atomic mass is 9.80. The van der Waals surface area contributed by atoms with E-state index in [9.17, 15) is 4.39 Å². The van der Waals surface area contributed by atoms with Crippen LogP contribution in [0.5, 0.6) is 0 Å². The first-order valence-electron chi connectivity index (χ1n) is 15.1. The van der Waals surface area contributed by atoms with Crippen molar-refractivity contribution < 1.29 is 14.0 Å². The minimum atomic E-state index is -0.978. The van der Waals surface area contributed by atoms with E-state index in [4.69, 9.17) is 14.7 Å². The molecule has 0 aliphatic carbocycles. The van der Waals surface area contributed by atoms with Gasteiger partial charge in [-0.3, -0.25) is 0 Å². The lowest BCUT2D eigenvalue weighted by molar-refractivity contribution is 0.0183. The summed E-state index contributed by atoms with van der Waals surface area (Å²) in [5, 5.41) is 4.72. The van der Waals surface area contributed by atoms with Crippen molar-refractivity contribution in [3.63, 3.8) is 0 Å². The zero-order valence-electron chi connectivity index (χ0n) is 25.2. The molecule has 4 nitrogen and oxygen atoms in total. The van der Waals surface area contributed by atoms with Crippen LogP contribution in [-0.4, -0.2) is 31.8 Å². The maximum atomic E-state index is 13.9. The Morgan fingerprint density at radius 2 is 1.39 bits per heavy atom. The fourth-order valence-electron chi connectivity index (χ4n) is 6.04. The Hall–Kier alpha value is -4.58. The third-order valence-electron chi connectivity index (χ3n) is 8.25. The van der Waals surface area contributed by atoms with Gasteiger partial charge in [0.25, 0.3) is 0 Å². The molecule has 0 spiro atoms. The molecule has 0 saturated carbocycles. The van der Waals surface area contributed by atoms with Gasteiger partial charge in [-0.2, -0.15) is 0 Å². The maximum Gasteiger partial charge on any atom is 0.212 e. The van der Waals surface area contributed by atoms with Gasteiger partial charge in [-0.15, -0.1) is 0 Å². The quantitative estimate of drug-likeness (QED) is 0.0884. The van der Waals surface area contributed by atoms with Crippen LogP contribution in [-0.2, 0) is 21.8 Å². The predicted octanol–water partition coefficient (Wildman–Crippen LogP) is 8.75. The van der Waals surface area contributed by atoms with Crippen LogP contribution in [0.25, 0.3) is 11.1 Å². The van der Waals surface area contributed by atoms with Crippen molar-refractivity contribution in [2.24, 2.45) is 5.16 Å². The molecular formula is C39H37FN2O2. The molecule has 5 aromatic carbocycles. The first-order valence-corrected chi connectivity index (χ1v) is 15.1. The molecule has 222 valence electrons. The van der Waals surface area contributed by atoms with E-state index in [0.29, 0.717) is 6.61 Å². The molecule has 0 N–H and O–H groups in total. The van der Waals surface area contributed by atoms with Crippen LogP contribution in [0.4, 0.5) is 4.39 Å². The van der Waals surface area contributed by atoms with E-state index < -0.39 is 5.60 Å². The summed E-state index contributed by atoms with van der Waals surface area (Å²) >= 11 is 0. The number of ether oxygens (including phenoxy) is 1. The number of nitrogens with zero attached hydrogens (tertiary/aromatic N) is 2. The van der Waals surface area contributed by atoms with E-state index in [0.717, 1.165) is 58.3 Å². The van der Waals surface area contributed by atoms with Gasteiger partial charge in [0, 0.05) is 22.3 Å². The summed E-state index contributed by atoms with van der Waals surface area (Å²) in [7, 11) is 4.18. The molecule has 5 aromatic rings. The highest BCUT2D eigenvalue weighted by molar-refractivity contribution is 5.91. The van der Waals surface area contributed by atoms with E-state index in [-0.39, 0.29) is 11.9 Å². The highest BCUT2D eigenvalue weighted by Gasteiger charge is 2.39. The van der Waals surface area contributed by atoms with E-state index in [1.54, 1.807) is 6.21 Å². The van der Waals surface area contributed by atoms with Crippen molar-refractivity contribution >= 4 is 6.21 Å². The topological polar surface area (TPSA) is 34.1 Å². The fraction of sp³-hybridized carbons (Fsp3) is 0.205. The molecular weight excluding hydrogens is 547 g/mol. The Bertz CT molecular complexity index is 1590. The zero-order valence-corrected chi connectivity index (χ0v) is 25.2. The van der Waals surface area contributed by atoms with Gasteiger partial charge in [0.15, 0.2) is 0 Å². The molecule has 1 atom stereocenters. The molecule has 6 rings (SSSR count). The van der Waals surface area contributed by atoms with Crippen molar-refractivity contribution in [2.75, 3.05) is 20.6 Å². The number of fused-ring (bicyclic) bond motifs is 1. The predicted molar refractivity (Wildman–Crippen MR) is 175 cm³/mol. The number of halogens is 1. The third-order valence-corrected chi connectivity index (χ3v) is 8.25. The van der Waals surface area contributed by atoms with E-state index >= 15 is 0 Å². The fourth-order valence-corrected chi connectivity index (χ4v) is 6.04. The van der Waals surface area contributed by atoms with Crippen LogP contribution in [0, 0.1) is 5.82 Å². The molecule has 0 radical (unpaired) electrons. The summed E-state index contributed by atoms with van der Waals surface area (Å²) in [6.45, 7) is 1.56. The van der Waals surface area contributed by atoms with E-state index in [1.807, 2.05) is 66.7 Å². The summed E-state index contributed by atoms with van der Waals surface area (Å²) in [5.41, 5.74) is 7.02. The van der Waals surface area contributed by atoms with E-state index in [1.165, 1.54) is 17.7 Å². The summed E-state index contributed by atoms with van der Waals surface area (Å²) in [5.74, 6) is -0.267. The third kappa shape index (κ3) is 6.21. The average molecular weight is 585 g/mol. The van der Waals surface area contributed by atoms with Crippen LogP contribution >= 0.6 is 0 Å². The van der Waals surface area contributed by atoms with Gasteiger partial charge < -0.3 is 14.5 Å². The van der Waals surface area contributed by atoms with Gasteiger partial charge in [-0.1, -0.05) is 108 Å². The molecule has 5 heteroatoms. The van der Waals surface area contributed by atoms with Gasteiger partial charge in [0.05, 0.1) is 18.9 Å². The summed E-state index contributed by atoms with van der Waals surface area (Å²) < 4.78 is 20.2. The second-order valence-electron chi connectivity index (χ2n) is 11.5. The molecule has 44 heavy (non-hydrogen) atoms. The Morgan fingerprint density at radius 1 is 0.818 bits per heavy atom. The van der Waals surface area contributed by atoms with Gasteiger partial charge in [-0.05, 0) is 80.0 Å². The van der Waals surface area contributed by atoms with Crippen molar-refractivity contribution in [3.8, 4) is 11.1 Å². The Labute approximate surface area is 259 Å². The number of hydrogen-bond donors (Lipinski definition) is 0. The second kappa shape index (κ2) is 13.4. The van der Waals surface area contributed by atoms with Crippen LogP contribution < -0.4 is 0 Å². The summed E-state index contributed by atoms with van der Waals surface area (Å²) in [6.07, 6.45) is 3.80. The lowest BCUT2D eigenvalue weighted by Gasteiger charge is -2.33. The Balaban J connectivity index is 1.42. The first-order chi connectivity index (χ1) is 21.5. The van der Waals surface area contributed by atoms with Crippen molar-refractivity contribution in [2.45, 2.75) is 31.2 Å². The molecule has 1 aliphatic heterocycles. The number of hydrogen-bond acceptors (Lipinski definition) is 4. The normalized spacial score (nSPS) is 14.7. The minimum Gasteiger partial charge on any atom is -0.375 e. The molecule has 1 heterocycles. The smallest absolute Gasteiger partial charge is 0.212 e. The van der Waals surface area contributed by atoms with Crippen molar-refractivity contribution in [3.05, 3.63) is 167 Å². The molecule has 0 aromatic heterocycles. The molecule has 0 fully saturated rings.